The smallest absolute Gasteiger partial charge is 0.320 e. The van der Waals surface area contributed by atoms with E-state index in [1.165, 1.54) is 0 Å². The van der Waals surface area contributed by atoms with Gasteiger partial charge < -0.3 is 20.1 Å². The largest absolute Gasteiger partial charge is 0.459 e. The first kappa shape index (κ1) is 12.8. The van der Waals surface area contributed by atoms with E-state index in [-0.39, 0.29) is 24.7 Å². The molecular formula is C12H22N2O3. The van der Waals surface area contributed by atoms with Gasteiger partial charge >= 0.3 is 5.97 Å². The van der Waals surface area contributed by atoms with Crippen LogP contribution in [0.5, 0.6) is 0 Å². The topological polar surface area (TPSA) is 59.6 Å². The van der Waals surface area contributed by atoms with Crippen molar-refractivity contribution in [3.63, 3.8) is 0 Å². The standard InChI is InChI=1S/C12H22N2O3/c1-12(2,3)17-10(15)7-14-9-6-13-8-4-5-16-11(8)9/h8-9,11,13-14H,4-7H2,1-3H3. The minimum atomic E-state index is -0.418. The molecule has 0 aromatic rings. The van der Waals surface area contributed by atoms with Crippen molar-refractivity contribution in [3.05, 3.63) is 0 Å². The van der Waals surface area contributed by atoms with Crippen LogP contribution >= 0.6 is 0 Å². The Kier molecular flexibility index (Phi) is 3.70. The van der Waals surface area contributed by atoms with E-state index in [1.807, 2.05) is 20.8 Å². The second-order valence-electron chi connectivity index (χ2n) is 5.71. The van der Waals surface area contributed by atoms with Crippen molar-refractivity contribution in [2.45, 2.75) is 51.0 Å². The highest BCUT2D eigenvalue weighted by molar-refractivity contribution is 5.72. The molecule has 0 aromatic carbocycles. The van der Waals surface area contributed by atoms with Gasteiger partial charge in [-0.15, -0.1) is 0 Å². The molecule has 2 aliphatic rings. The maximum Gasteiger partial charge on any atom is 0.320 e. The van der Waals surface area contributed by atoms with E-state index in [0.717, 1.165) is 19.6 Å². The lowest BCUT2D eigenvalue weighted by Crippen LogP contribution is -2.44. The average Bonchev–Trinajstić information content (AvgIpc) is 2.73. The zero-order valence-electron chi connectivity index (χ0n) is 10.8. The Morgan fingerprint density at radius 1 is 1.53 bits per heavy atom. The van der Waals surface area contributed by atoms with Gasteiger partial charge in [-0.2, -0.15) is 0 Å². The molecule has 2 fully saturated rings. The van der Waals surface area contributed by atoms with Gasteiger partial charge in [-0.05, 0) is 27.2 Å². The zero-order chi connectivity index (χ0) is 12.5. The lowest BCUT2D eigenvalue weighted by Gasteiger charge is -2.22. The molecule has 5 nitrogen and oxygen atoms in total. The average molecular weight is 242 g/mol. The summed E-state index contributed by atoms with van der Waals surface area (Å²) in [5.74, 6) is -0.209. The summed E-state index contributed by atoms with van der Waals surface area (Å²) in [7, 11) is 0. The molecule has 0 amide bonds. The van der Waals surface area contributed by atoms with Gasteiger partial charge in [-0.1, -0.05) is 0 Å². The molecule has 2 heterocycles. The second kappa shape index (κ2) is 4.92. The van der Waals surface area contributed by atoms with Crippen molar-refractivity contribution in [1.29, 1.82) is 0 Å². The number of nitrogens with one attached hydrogen (secondary N) is 2. The minimum absolute atomic E-state index is 0.206. The molecule has 0 aromatic heterocycles. The molecule has 0 spiro atoms. The van der Waals surface area contributed by atoms with Crippen LogP contribution in [0.1, 0.15) is 27.2 Å². The Hall–Kier alpha value is -0.650. The van der Waals surface area contributed by atoms with Crippen molar-refractivity contribution < 1.29 is 14.3 Å². The SMILES string of the molecule is CC(C)(C)OC(=O)CNC1CNC2CCOC21. The van der Waals surface area contributed by atoms with E-state index in [1.54, 1.807) is 0 Å². The van der Waals surface area contributed by atoms with Gasteiger partial charge in [0.25, 0.3) is 0 Å². The summed E-state index contributed by atoms with van der Waals surface area (Å²) in [4.78, 5) is 11.6. The summed E-state index contributed by atoms with van der Waals surface area (Å²) in [6.07, 6.45) is 1.27. The van der Waals surface area contributed by atoms with Crippen LogP contribution < -0.4 is 10.6 Å². The van der Waals surface area contributed by atoms with E-state index in [4.69, 9.17) is 9.47 Å². The van der Waals surface area contributed by atoms with Crippen LogP contribution in [-0.4, -0.2) is 49.5 Å². The molecule has 2 N–H and O–H groups in total. The number of hydrogen-bond acceptors (Lipinski definition) is 5. The summed E-state index contributed by atoms with van der Waals surface area (Å²) < 4.78 is 10.9. The Morgan fingerprint density at radius 3 is 3.00 bits per heavy atom. The van der Waals surface area contributed by atoms with Gasteiger partial charge in [0.05, 0.1) is 12.6 Å². The Balaban J connectivity index is 1.73. The van der Waals surface area contributed by atoms with E-state index in [2.05, 4.69) is 10.6 Å². The van der Waals surface area contributed by atoms with Crippen molar-refractivity contribution in [2.24, 2.45) is 0 Å². The maximum atomic E-state index is 11.6. The molecule has 2 rings (SSSR count). The molecule has 17 heavy (non-hydrogen) atoms. The molecule has 2 saturated heterocycles. The van der Waals surface area contributed by atoms with Crippen LogP contribution in [0, 0.1) is 0 Å². The molecule has 2 aliphatic heterocycles. The number of esters is 1. The molecule has 3 atom stereocenters. The molecule has 98 valence electrons. The molecule has 0 aliphatic carbocycles. The van der Waals surface area contributed by atoms with Crippen LogP contribution in [0.15, 0.2) is 0 Å². The van der Waals surface area contributed by atoms with Crippen molar-refractivity contribution >= 4 is 5.97 Å². The highest BCUT2D eigenvalue weighted by atomic mass is 16.6. The Morgan fingerprint density at radius 2 is 2.29 bits per heavy atom. The number of carbonyl (C=O) groups excluding carboxylic acids is 1. The molecule has 0 saturated carbocycles. The fraction of sp³-hybridized carbons (Fsp3) is 0.917. The first-order chi connectivity index (χ1) is 7.96. The Bertz CT molecular complexity index is 288. The van der Waals surface area contributed by atoms with Gasteiger partial charge in [0.2, 0.25) is 0 Å². The second-order valence-corrected chi connectivity index (χ2v) is 5.71. The summed E-state index contributed by atoms with van der Waals surface area (Å²) in [6.45, 7) is 7.54. The third-order valence-corrected chi connectivity index (χ3v) is 3.06. The van der Waals surface area contributed by atoms with Crippen LogP contribution in [0.4, 0.5) is 0 Å². The number of fused-ring (bicyclic) bond motifs is 1. The number of ether oxygens (including phenoxy) is 2. The fourth-order valence-corrected chi connectivity index (χ4v) is 2.40. The molecule has 0 bridgehead atoms. The fourth-order valence-electron chi connectivity index (χ4n) is 2.40. The normalized spacial score (nSPS) is 32.5. The van der Waals surface area contributed by atoms with E-state index in [0.29, 0.717) is 6.04 Å². The first-order valence-corrected chi connectivity index (χ1v) is 6.26. The van der Waals surface area contributed by atoms with Crippen molar-refractivity contribution in [3.8, 4) is 0 Å². The Labute approximate surface area is 102 Å². The van der Waals surface area contributed by atoms with Crippen LogP contribution in [0.3, 0.4) is 0 Å². The van der Waals surface area contributed by atoms with Crippen molar-refractivity contribution in [2.75, 3.05) is 19.7 Å². The van der Waals surface area contributed by atoms with Crippen LogP contribution in [0.25, 0.3) is 0 Å². The van der Waals surface area contributed by atoms with Gasteiger partial charge in [-0.3, -0.25) is 4.79 Å². The third-order valence-electron chi connectivity index (χ3n) is 3.06. The quantitative estimate of drug-likeness (QED) is 0.685. The van der Waals surface area contributed by atoms with E-state index < -0.39 is 5.60 Å². The minimum Gasteiger partial charge on any atom is -0.459 e. The summed E-state index contributed by atoms with van der Waals surface area (Å²) >= 11 is 0. The maximum absolute atomic E-state index is 11.6. The first-order valence-electron chi connectivity index (χ1n) is 6.26. The molecule has 3 unspecified atom stereocenters. The summed E-state index contributed by atoms with van der Waals surface area (Å²) in [6, 6.07) is 0.668. The lowest BCUT2D eigenvalue weighted by atomic mass is 10.1. The molecule has 0 radical (unpaired) electrons. The van der Waals surface area contributed by atoms with Crippen molar-refractivity contribution in [1.82, 2.24) is 10.6 Å². The van der Waals surface area contributed by atoms with Gasteiger partial charge in [-0.25, -0.2) is 0 Å². The summed E-state index contributed by atoms with van der Waals surface area (Å²) in [5.41, 5.74) is -0.418. The predicted octanol–water partition coefficient (Wildman–Crippen LogP) is 0.0470. The molecular weight excluding hydrogens is 220 g/mol. The predicted molar refractivity (Wildman–Crippen MR) is 63.8 cm³/mol. The number of hydrogen-bond donors (Lipinski definition) is 2. The van der Waals surface area contributed by atoms with Gasteiger partial charge in [0.15, 0.2) is 0 Å². The van der Waals surface area contributed by atoms with Crippen LogP contribution in [0.2, 0.25) is 0 Å². The molecule has 5 heteroatoms. The third kappa shape index (κ3) is 3.40. The zero-order valence-corrected chi connectivity index (χ0v) is 10.8. The highest BCUT2D eigenvalue weighted by Crippen LogP contribution is 2.21. The number of rotatable bonds is 3. The monoisotopic (exact) mass is 242 g/mol. The van der Waals surface area contributed by atoms with Gasteiger partial charge in [0, 0.05) is 25.2 Å². The lowest BCUT2D eigenvalue weighted by molar-refractivity contribution is -0.153. The summed E-state index contributed by atoms with van der Waals surface area (Å²) in [5, 5.41) is 6.61. The van der Waals surface area contributed by atoms with E-state index in [9.17, 15) is 4.79 Å². The highest BCUT2D eigenvalue weighted by Gasteiger charge is 2.40. The van der Waals surface area contributed by atoms with E-state index >= 15 is 0 Å². The van der Waals surface area contributed by atoms with Gasteiger partial charge in [0.1, 0.15) is 5.60 Å². The van der Waals surface area contributed by atoms with Crippen LogP contribution in [-0.2, 0) is 14.3 Å². The number of carbonyl (C=O) groups is 1.